The molecule has 3 aromatic rings. The number of hydrogen-bond donors (Lipinski definition) is 1. The molecule has 1 aromatic carbocycles. The first-order valence-corrected chi connectivity index (χ1v) is 10.8. The van der Waals surface area contributed by atoms with Crippen molar-refractivity contribution in [3.63, 3.8) is 0 Å². The number of aromatic nitrogens is 1. The number of ether oxygens (including phenoxy) is 1. The minimum atomic E-state index is -0.260. The Kier molecular flexibility index (Phi) is 6.13. The van der Waals surface area contributed by atoms with E-state index in [4.69, 9.17) is 9.15 Å². The zero-order chi connectivity index (χ0) is 20.9. The van der Waals surface area contributed by atoms with Crippen molar-refractivity contribution < 1.29 is 18.7 Å². The lowest BCUT2D eigenvalue weighted by Gasteiger charge is -2.26. The highest BCUT2D eigenvalue weighted by Crippen LogP contribution is 2.29. The lowest BCUT2D eigenvalue weighted by atomic mass is 10.1. The average Bonchev–Trinajstić information content (AvgIpc) is 3.43. The van der Waals surface area contributed by atoms with Crippen molar-refractivity contribution in [3.05, 3.63) is 64.6 Å². The summed E-state index contributed by atoms with van der Waals surface area (Å²) in [6.07, 6.45) is 5.60. The van der Waals surface area contributed by atoms with Gasteiger partial charge in [-0.3, -0.25) is 14.9 Å². The molecule has 7 nitrogen and oxygen atoms in total. The molecule has 0 atom stereocenters. The second-order valence-electron chi connectivity index (χ2n) is 7.06. The van der Waals surface area contributed by atoms with E-state index in [1.165, 1.54) is 23.9 Å². The van der Waals surface area contributed by atoms with Gasteiger partial charge in [-0.05, 0) is 36.8 Å². The first-order valence-electron chi connectivity index (χ1n) is 9.98. The molecule has 156 valence electrons. The minimum Gasteiger partial charge on any atom is -0.494 e. The van der Waals surface area contributed by atoms with Crippen molar-refractivity contribution in [1.29, 1.82) is 0 Å². The molecule has 0 fully saturated rings. The molecule has 3 heterocycles. The van der Waals surface area contributed by atoms with Crippen LogP contribution in [0, 0.1) is 0 Å². The summed E-state index contributed by atoms with van der Waals surface area (Å²) >= 11 is 1.40. The SMILES string of the molecule is CCCCOc1ccc(C(=O)N2CCc3nc(NC(=O)c4ccoc4)sc3C2)cc1. The molecule has 2 aromatic heterocycles. The van der Waals surface area contributed by atoms with Crippen molar-refractivity contribution in [1.82, 2.24) is 9.88 Å². The number of benzene rings is 1. The van der Waals surface area contributed by atoms with E-state index in [1.807, 2.05) is 29.2 Å². The van der Waals surface area contributed by atoms with Crippen LogP contribution in [-0.4, -0.2) is 34.8 Å². The van der Waals surface area contributed by atoms with Gasteiger partial charge in [0.2, 0.25) is 0 Å². The van der Waals surface area contributed by atoms with E-state index in [0.29, 0.717) is 42.4 Å². The molecule has 0 unspecified atom stereocenters. The van der Waals surface area contributed by atoms with Gasteiger partial charge in [-0.2, -0.15) is 0 Å². The van der Waals surface area contributed by atoms with Crippen LogP contribution in [0.3, 0.4) is 0 Å². The van der Waals surface area contributed by atoms with Gasteiger partial charge in [-0.15, -0.1) is 0 Å². The number of unbranched alkanes of at least 4 members (excludes halogenated alkanes) is 1. The van der Waals surface area contributed by atoms with Gasteiger partial charge in [-0.25, -0.2) is 4.98 Å². The van der Waals surface area contributed by atoms with Gasteiger partial charge in [0.1, 0.15) is 12.0 Å². The lowest BCUT2D eigenvalue weighted by molar-refractivity contribution is 0.0736. The number of nitrogens with one attached hydrogen (secondary N) is 1. The molecule has 2 amide bonds. The third-order valence-corrected chi connectivity index (χ3v) is 5.89. The zero-order valence-electron chi connectivity index (χ0n) is 16.7. The average molecular weight is 426 g/mol. The highest BCUT2D eigenvalue weighted by atomic mass is 32.1. The largest absolute Gasteiger partial charge is 0.494 e. The van der Waals surface area contributed by atoms with Crippen LogP contribution in [0.4, 0.5) is 5.13 Å². The molecular formula is C22H23N3O4S. The smallest absolute Gasteiger partial charge is 0.260 e. The second-order valence-corrected chi connectivity index (χ2v) is 8.14. The molecule has 0 aliphatic carbocycles. The molecule has 1 aliphatic rings. The summed E-state index contributed by atoms with van der Waals surface area (Å²) in [5.41, 5.74) is 2.02. The number of amides is 2. The first-order chi connectivity index (χ1) is 14.6. The Hall–Kier alpha value is -3.13. The van der Waals surface area contributed by atoms with Gasteiger partial charge < -0.3 is 14.1 Å². The molecule has 0 saturated carbocycles. The van der Waals surface area contributed by atoms with Crippen molar-refractivity contribution in [2.24, 2.45) is 0 Å². The Bertz CT molecular complexity index is 1010. The molecule has 4 rings (SSSR count). The summed E-state index contributed by atoms with van der Waals surface area (Å²) in [4.78, 5) is 32.4. The molecule has 1 N–H and O–H groups in total. The van der Waals surface area contributed by atoms with Gasteiger partial charge in [-0.1, -0.05) is 24.7 Å². The van der Waals surface area contributed by atoms with Crippen LogP contribution < -0.4 is 10.1 Å². The van der Waals surface area contributed by atoms with E-state index in [0.717, 1.165) is 29.2 Å². The van der Waals surface area contributed by atoms with Crippen LogP contribution >= 0.6 is 11.3 Å². The number of carbonyl (C=O) groups excluding carboxylic acids is 2. The summed E-state index contributed by atoms with van der Waals surface area (Å²) in [5, 5.41) is 3.33. The van der Waals surface area contributed by atoms with Crippen molar-refractivity contribution in [3.8, 4) is 5.75 Å². The van der Waals surface area contributed by atoms with Crippen molar-refractivity contribution in [2.75, 3.05) is 18.5 Å². The van der Waals surface area contributed by atoms with Crippen LogP contribution in [0.15, 0.2) is 47.3 Å². The van der Waals surface area contributed by atoms with Gasteiger partial charge >= 0.3 is 0 Å². The highest BCUT2D eigenvalue weighted by molar-refractivity contribution is 7.15. The number of hydrogen-bond acceptors (Lipinski definition) is 6. The Morgan fingerprint density at radius 3 is 2.80 bits per heavy atom. The van der Waals surface area contributed by atoms with Gasteiger partial charge in [0.15, 0.2) is 5.13 Å². The summed E-state index contributed by atoms with van der Waals surface area (Å²) in [6, 6.07) is 8.90. The molecule has 0 bridgehead atoms. The lowest BCUT2D eigenvalue weighted by Crippen LogP contribution is -2.35. The molecule has 0 spiro atoms. The van der Waals surface area contributed by atoms with Crippen LogP contribution in [0.25, 0.3) is 0 Å². The third kappa shape index (κ3) is 4.54. The van der Waals surface area contributed by atoms with Crippen molar-refractivity contribution in [2.45, 2.75) is 32.7 Å². The predicted octanol–water partition coefficient (Wildman–Crippen LogP) is 4.37. The maximum atomic E-state index is 12.9. The minimum absolute atomic E-state index is 0.0156. The Morgan fingerprint density at radius 1 is 1.23 bits per heavy atom. The normalized spacial score (nSPS) is 13.0. The topological polar surface area (TPSA) is 84.7 Å². The Labute approximate surface area is 178 Å². The number of nitrogens with zero attached hydrogens (tertiary/aromatic N) is 2. The van der Waals surface area contributed by atoms with Gasteiger partial charge in [0, 0.05) is 23.4 Å². The molecular weight excluding hydrogens is 402 g/mol. The Morgan fingerprint density at radius 2 is 2.07 bits per heavy atom. The van der Waals surface area contributed by atoms with Crippen molar-refractivity contribution >= 4 is 28.3 Å². The summed E-state index contributed by atoms with van der Waals surface area (Å²) in [5.74, 6) is 0.503. The zero-order valence-corrected chi connectivity index (χ0v) is 17.5. The predicted molar refractivity (Wildman–Crippen MR) is 114 cm³/mol. The molecule has 0 radical (unpaired) electrons. The van der Waals surface area contributed by atoms with Gasteiger partial charge in [0.25, 0.3) is 11.8 Å². The maximum Gasteiger partial charge on any atom is 0.260 e. The summed E-state index contributed by atoms with van der Waals surface area (Å²) in [6.45, 7) is 3.89. The van der Waals surface area contributed by atoms with E-state index in [-0.39, 0.29) is 11.8 Å². The highest BCUT2D eigenvalue weighted by Gasteiger charge is 2.25. The monoisotopic (exact) mass is 425 g/mol. The Balaban J connectivity index is 1.38. The third-order valence-electron chi connectivity index (χ3n) is 4.89. The number of anilines is 1. The van der Waals surface area contributed by atoms with E-state index < -0.39 is 0 Å². The number of furan rings is 1. The van der Waals surface area contributed by atoms with E-state index >= 15 is 0 Å². The van der Waals surface area contributed by atoms with E-state index in [2.05, 4.69) is 17.2 Å². The number of rotatable bonds is 7. The summed E-state index contributed by atoms with van der Waals surface area (Å²) in [7, 11) is 0. The number of fused-ring (bicyclic) bond motifs is 1. The van der Waals surface area contributed by atoms with E-state index in [1.54, 1.807) is 6.07 Å². The first kappa shape index (κ1) is 20.2. The molecule has 30 heavy (non-hydrogen) atoms. The van der Waals surface area contributed by atoms with Crippen LogP contribution in [0.2, 0.25) is 0 Å². The fourth-order valence-corrected chi connectivity index (χ4v) is 4.21. The molecule has 8 heteroatoms. The molecule has 1 aliphatic heterocycles. The number of thiazole rings is 1. The van der Waals surface area contributed by atoms with Crippen LogP contribution in [0.1, 0.15) is 51.1 Å². The summed E-state index contributed by atoms with van der Waals surface area (Å²) < 4.78 is 10.6. The van der Waals surface area contributed by atoms with Crippen LogP contribution in [0.5, 0.6) is 5.75 Å². The quantitative estimate of drug-likeness (QED) is 0.569. The van der Waals surface area contributed by atoms with E-state index in [9.17, 15) is 9.59 Å². The fraction of sp³-hybridized carbons (Fsp3) is 0.318. The van der Waals surface area contributed by atoms with Gasteiger partial charge in [0.05, 0.1) is 30.7 Å². The maximum absolute atomic E-state index is 12.9. The fourth-order valence-electron chi connectivity index (χ4n) is 3.20. The second kappa shape index (κ2) is 9.13. The van der Waals surface area contributed by atoms with Crippen LogP contribution in [-0.2, 0) is 13.0 Å². The standard InChI is InChI=1S/C22H23N3O4S/c1-2-3-11-29-17-6-4-15(5-7-17)21(27)25-10-8-18-19(13-25)30-22(23-18)24-20(26)16-9-12-28-14-16/h4-7,9,12,14H,2-3,8,10-11,13H2,1H3,(H,23,24,26). The number of carbonyl (C=O) groups is 2. The molecule has 0 saturated heterocycles.